The van der Waals surface area contributed by atoms with Gasteiger partial charge in [0.25, 0.3) is 0 Å². The fourth-order valence-corrected chi connectivity index (χ4v) is 0. The Kier molecular flexibility index (Phi) is 3.57. The van der Waals surface area contributed by atoms with Crippen LogP contribution in [0.15, 0.2) is 0 Å². The van der Waals surface area contributed by atoms with Gasteiger partial charge in [0, 0.05) is 0 Å². The molecule has 26 valence electrons. The van der Waals surface area contributed by atoms with Gasteiger partial charge in [-0.3, -0.25) is 0 Å². The Labute approximate surface area is 25.1 Å². The van der Waals surface area contributed by atoms with Gasteiger partial charge in [-0.2, -0.15) is 0 Å². The molecule has 0 aliphatic rings. The molecule has 0 aliphatic carbocycles. The molecule has 0 spiro atoms. The summed E-state index contributed by atoms with van der Waals surface area (Å²) in [5, 5.41) is 8.56. The maximum atomic E-state index is 8.56. The molecule has 4 heavy (non-hydrogen) atoms. The molecule has 0 aromatic heterocycles. The highest BCUT2D eigenvalue weighted by atomic mass is 31.1. The lowest BCUT2D eigenvalue weighted by Gasteiger charge is -1.93. The zero-order chi connectivity index (χ0) is 3.41. The van der Waals surface area contributed by atoms with Crippen LogP contribution in [0.3, 0.4) is 0 Å². The molecule has 0 aliphatic heterocycles. The van der Waals surface area contributed by atoms with Crippen LogP contribution >= 0.6 is 9.03 Å². The van der Waals surface area contributed by atoms with Crippen molar-refractivity contribution in [3.05, 3.63) is 0 Å². The van der Waals surface area contributed by atoms with Crippen molar-refractivity contribution >= 4 is 9.03 Å². The average Bonchev–Trinajstić information content (AvgIpc) is 1.37. The lowest BCUT2D eigenvalue weighted by molar-refractivity contribution is -0.635. The van der Waals surface area contributed by atoms with Crippen LogP contribution in [0.4, 0.5) is 0 Å². The molecule has 0 bridgehead atoms. The number of rotatable bonds is 1. The summed E-state index contributed by atoms with van der Waals surface area (Å²) in [5.74, 6) is 0. The highest BCUT2D eigenvalue weighted by Gasteiger charge is 1.43. The molecule has 0 amide bonds. The van der Waals surface area contributed by atoms with Gasteiger partial charge < -0.3 is 14.8 Å². The summed E-state index contributed by atoms with van der Waals surface area (Å²) < 4.78 is 2.88. The highest BCUT2D eigenvalue weighted by Crippen LogP contribution is 1.92. The predicted molar refractivity (Wildman–Crippen MR) is 11.6 cm³/mol. The lowest BCUT2D eigenvalue weighted by Crippen LogP contribution is -1.91. The second kappa shape index (κ2) is 3.31. The molecule has 0 aromatic carbocycles. The van der Waals surface area contributed by atoms with E-state index in [1.807, 2.05) is 0 Å². The van der Waals surface area contributed by atoms with Crippen LogP contribution < -0.4 is 5.26 Å². The molecule has 0 saturated carbocycles. The van der Waals surface area contributed by atoms with Gasteiger partial charge in [-0.15, -0.1) is 0 Å². The Morgan fingerprint density at radius 3 is 2.25 bits per heavy atom. The first-order valence-corrected chi connectivity index (χ1v) is 1.45. The minimum Gasteiger partial charge on any atom is -0.718 e. The fourth-order valence-electron chi connectivity index (χ4n) is 0. The Morgan fingerprint density at radius 2 is 2.25 bits per heavy atom. The first kappa shape index (κ1) is 4.31. The molecule has 0 radical (unpaired) electrons. The van der Waals surface area contributed by atoms with E-state index >= 15 is 0 Å². The lowest BCUT2D eigenvalue weighted by atomic mass is 15.0. The summed E-state index contributed by atoms with van der Waals surface area (Å²) in [6, 6.07) is 0. The molecule has 1 unspecified atom stereocenters. The van der Waals surface area contributed by atoms with E-state index in [1.54, 1.807) is 0 Å². The van der Waals surface area contributed by atoms with E-state index in [0.717, 1.165) is 0 Å². The second-order valence-corrected chi connectivity index (χ2v) is 0.524. The van der Waals surface area contributed by atoms with Crippen molar-refractivity contribution in [1.82, 2.24) is 0 Å². The maximum Gasteiger partial charge on any atom is 0.142 e. The summed E-state index contributed by atoms with van der Waals surface area (Å²) in [7, 11) is -0.915. The van der Waals surface area contributed by atoms with Gasteiger partial charge in [0.1, 0.15) is 9.03 Å². The molecular weight excluding hydrogens is 79.0 g/mol. The number of hydrogen-bond donors (Lipinski definition) is 1. The van der Waals surface area contributed by atoms with Crippen molar-refractivity contribution in [3.8, 4) is 0 Å². The largest absolute Gasteiger partial charge is 0.718 e. The van der Waals surface area contributed by atoms with Gasteiger partial charge in [0.15, 0.2) is 0 Å². The van der Waals surface area contributed by atoms with E-state index in [0.29, 0.717) is 0 Å². The van der Waals surface area contributed by atoms with Gasteiger partial charge in [0.2, 0.25) is 0 Å². The first-order valence-electron chi connectivity index (χ1n) is 0.594. The van der Waals surface area contributed by atoms with E-state index in [4.69, 9.17) is 10.2 Å². The smallest absolute Gasteiger partial charge is 0.142 e. The second-order valence-electron chi connectivity index (χ2n) is 0.175. The first-order chi connectivity index (χ1) is 1.91. The van der Waals surface area contributed by atoms with Crippen molar-refractivity contribution in [2.24, 2.45) is 0 Å². The Bertz CT molecular complexity index is 5.25. The molecule has 0 rings (SSSR count). The zero-order valence-electron chi connectivity index (χ0n) is 1.76. The van der Waals surface area contributed by atoms with Crippen molar-refractivity contribution in [1.29, 1.82) is 0 Å². The van der Waals surface area contributed by atoms with Crippen molar-refractivity contribution in [3.63, 3.8) is 0 Å². The molecule has 0 heterocycles. The molecule has 0 aromatic rings. The Balaban J connectivity index is 1.97. The summed E-state index contributed by atoms with van der Waals surface area (Å²) in [6.07, 6.45) is 0. The third-order valence-corrected chi connectivity index (χ3v) is 0.112. The van der Waals surface area contributed by atoms with Crippen molar-refractivity contribution < 1.29 is 14.8 Å². The maximum absolute atomic E-state index is 8.56. The van der Waals surface area contributed by atoms with Crippen LogP contribution in [-0.4, -0.2) is 4.89 Å². The van der Waals surface area contributed by atoms with Crippen LogP contribution in [0.1, 0.15) is 0 Å². The van der Waals surface area contributed by atoms with Gasteiger partial charge in [-0.05, 0) is 0 Å². The fraction of sp³-hybridized carbons (Fsp3) is 0. The van der Waals surface area contributed by atoms with E-state index in [2.05, 4.69) is 4.67 Å². The quantitative estimate of drug-likeness (QED) is 0.244. The molecule has 1 atom stereocenters. The highest BCUT2D eigenvalue weighted by molar-refractivity contribution is 7.24. The summed E-state index contributed by atoms with van der Waals surface area (Å²) in [5.41, 5.74) is 0. The average molecular weight is 81.0 g/mol. The predicted octanol–water partition coefficient (Wildman–Crippen LogP) is -1.22. The van der Waals surface area contributed by atoms with E-state index < -0.39 is 9.03 Å². The topological polar surface area (TPSA) is 52.5 Å². The standard InChI is InChI=1S/H3O3P/c1-3-4-2/h1-2,4H/p-1. The van der Waals surface area contributed by atoms with Gasteiger partial charge in [-0.1, -0.05) is 0 Å². The molecule has 0 saturated heterocycles. The summed E-state index contributed by atoms with van der Waals surface area (Å²) in [6.45, 7) is 0. The van der Waals surface area contributed by atoms with Gasteiger partial charge >= 0.3 is 0 Å². The van der Waals surface area contributed by atoms with E-state index in [9.17, 15) is 0 Å². The number of hydrogen-bond acceptors (Lipinski definition) is 3. The third-order valence-electron chi connectivity index (χ3n) is 0.0373. The van der Waals surface area contributed by atoms with Crippen molar-refractivity contribution in [2.75, 3.05) is 0 Å². The minimum absolute atomic E-state index is 0.915. The SMILES string of the molecule is [O-]OPO. The van der Waals surface area contributed by atoms with Gasteiger partial charge in [-0.25, -0.2) is 0 Å². The van der Waals surface area contributed by atoms with E-state index in [-0.39, 0.29) is 0 Å². The van der Waals surface area contributed by atoms with Gasteiger partial charge in [0.05, 0.1) is 0 Å². The Morgan fingerprint density at radius 1 is 2.00 bits per heavy atom. The molecule has 4 heteroatoms. The van der Waals surface area contributed by atoms with Crippen LogP contribution in [0, 0.1) is 0 Å². The van der Waals surface area contributed by atoms with Crippen LogP contribution in [0.2, 0.25) is 0 Å². The van der Waals surface area contributed by atoms with Crippen LogP contribution in [0.5, 0.6) is 0 Å². The molecule has 1 N–H and O–H groups in total. The Hall–Kier alpha value is 0.310. The van der Waals surface area contributed by atoms with Crippen LogP contribution in [-0.2, 0) is 4.67 Å². The molecular formula is H2O3P-. The van der Waals surface area contributed by atoms with Crippen molar-refractivity contribution in [2.45, 2.75) is 0 Å². The third kappa shape index (κ3) is 2.31. The van der Waals surface area contributed by atoms with E-state index in [1.165, 1.54) is 0 Å². The summed E-state index contributed by atoms with van der Waals surface area (Å²) in [4.78, 5) is 7.37. The monoisotopic (exact) mass is 81.0 g/mol. The molecule has 0 fully saturated rings. The zero-order valence-corrected chi connectivity index (χ0v) is 2.76. The normalized spacial score (nSPS) is 10.5. The molecule has 3 nitrogen and oxygen atoms in total. The van der Waals surface area contributed by atoms with Crippen LogP contribution in [0.25, 0.3) is 0 Å². The summed E-state index contributed by atoms with van der Waals surface area (Å²) >= 11 is 0. The minimum atomic E-state index is -0.915.